The molecule has 0 atom stereocenters. The summed E-state index contributed by atoms with van der Waals surface area (Å²) in [7, 11) is 0. The molecule has 3 rings (SSSR count). The summed E-state index contributed by atoms with van der Waals surface area (Å²) in [6, 6.07) is 17.1. The van der Waals surface area contributed by atoms with Gasteiger partial charge in [0.2, 0.25) is 5.91 Å². The van der Waals surface area contributed by atoms with Gasteiger partial charge < -0.3 is 9.88 Å². The Morgan fingerprint density at radius 2 is 1.76 bits per heavy atom. The van der Waals surface area contributed by atoms with Crippen LogP contribution in [0.25, 0.3) is 10.9 Å². The molecule has 0 saturated carbocycles. The van der Waals surface area contributed by atoms with Crippen molar-refractivity contribution in [2.45, 2.75) is 46.2 Å². The molecule has 0 bridgehead atoms. The highest BCUT2D eigenvalue weighted by atomic mass is 16.1. The number of nitrogens with one attached hydrogen (secondary N) is 1. The van der Waals surface area contributed by atoms with Gasteiger partial charge in [-0.15, -0.1) is 0 Å². The molecule has 1 heterocycles. The van der Waals surface area contributed by atoms with Gasteiger partial charge in [-0.1, -0.05) is 42.5 Å². The Morgan fingerprint density at radius 3 is 2.52 bits per heavy atom. The van der Waals surface area contributed by atoms with Gasteiger partial charge in [-0.05, 0) is 49.9 Å². The number of hydrogen-bond donors (Lipinski definition) is 1. The summed E-state index contributed by atoms with van der Waals surface area (Å²) in [6.45, 7) is 6.99. The molecule has 3 aromatic rings. The SMILES string of the molecule is Cc1ccccc1Cn1cc(CCC(=O)NC(C)C)c2ccccc21. The third-order valence-corrected chi connectivity index (χ3v) is 4.54. The third-order valence-electron chi connectivity index (χ3n) is 4.54. The molecule has 130 valence electrons. The van der Waals surface area contributed by atoms with Crippen LogP contribution in [0, 0.1) is 6.92 Å². The summed E-state index contributed by atoms with van der Waals surface area (Å²) >= 11 is 0. The molecule has 0 saturated heterocycles. The lowest BCUT2D eigenvalue weighted by Crippen LogP contribution is -2.30. The van der Waals surface area contributed by atoms with E-state index < -0.39 is 0 Å². The second-order valence-corrected chi connectivity index (χ2v) is 6.95. The second kappa shape index (κ2) is 7.56. The molecule has 0 aliphatic carbocycles. The Kier molecular flexibility index (Phi) is 5.22. The number of carbonyl (C=O) groups is 1. The molecule has 1 aromatic heterocycles. The Balaban J connectivity index is 1.85. The van der Waals surface area contributed by atoms with Gasteiger partial charge in [0, 0.05) is 36.1 Å². The van der Waals surface area contributed by atoms with E-state index in [9.17, 15) is 4.79 Å². The fourth-order valence-corrected chi connectivity index (χ4v) is 3.27. The molecule has 0 aliphatic rings. The van der Waals surface area contributed by atoms with Crippen LogP contribution in [0.2, 0.25) is 0 Å². The number of aromatic nitrogens is 1. The summed E-state index contributed by atoms with van der Waals surface area (Å²) in [5, 5.41) is 4.21. The number of nitrogens with zero attached hydrogens (tertiary/aromatic N) is 1. The lowest BCUT2D eigenvalue weighted by molar-refractivity contribution is -0.121. The molecule has 0 fully saturated rings. The minimum atomic E-state index is 0.116. The van der Waals surface area contributed by atoms with Crippen LogP contribution < -0.4 is 5.32 Å². The summed E-state index contributed by atoms with van der Waals surface area (Å²) in [6.07, 6.45) is 3.50. The van der Waals surface area contributed by atoms with E-state index in [-0.39, 0.29) is 11.9 Å². The normalized spacial score (nSPS) is 11.2. The minimum Gasteiger partial charge on any atom is -0.354 e. The Bertz CT molecular complexity index is 877. The number of aryl methyl sites for hydroxylation is 2. The number of para-hydroxylation sites is 1. The van der Waals surface area contributed by atoms with Crippen molar-refractivity contribution in [2.24, 2.45) is 0 Å². The molecule has 1 N–H and O–H groups in total. The van der Waals surface area contributed by atoms with Crippen molar-refractivity contribution >= 4 is 16.8 Å². The molecule has 3 nitrogen and oxygen atoms in total. The Labute approximate surface area is 149 Å². The molecule has 2 aromatic carbocycles. The number of amides is 1. The first kappa shape index (κ1) is 17.3. The fourth-order valence-electron chi connectivity index (χ4n) is 3.27. The first-order chi connectivity index (χ1) is 12.0. The summed E-state index contributed by atoms with van der Waals surface area (Å²) in [4.78, 5) is 12.0. The van der Waals surface area contributed by atoms with E-state index in [1.165, 1.54) is 27.6 Å². The average Bonchev–Trinajstić information content (AvgIpc) is 2.93. The van der Waals surface area contributed by atoms with E-state index in [2.05, 4.69) is 71.5 Å². The molecule has 0 spiro atoms. The van der Waals surface area contributed by atoms with E-state index >= 15 is 0 Å². The van der Waals surface area contributed by atoms with Gasteiger partial charge in [0.1, 0.15) is 0 Å². The molecule has 25 heavy (non-hydrogen) atoms. The lowest BCUT2D eigenvalue weighted by atomic mass is 10.1. The van der Waals surface area contributed by atoms with Gasteiger partial charge in [0.25, 0.3) is 0 Å². The zero-order valence-electron chi connectivity index (χ0n) is 15.3. The lowest BCUT2D eigenvalue weighted by Gasteiger charge is -2.08. The van der Waals surface area contributed by atoms with Gasteiger partial charge >= 0.3 is 0 Å². The van der Waals surface area contributed by atoms with Crippen LogP contribution in [0.15, 0.2) is 54.7 Å². The molecule has 1 amide bonds. The fraction of sp³-hybridized carbons (Fsp3) is 0.318. The van der Waals surface area contributed by atoms with E-state index in [4.69, 9.17) is 0 Å². The van der Waals surface area contributed by atoms with Crippen molar-refractivity contribution < 1.29 is 4.79 Å². The van der Waals surface area contributed by atoms with E-state index in [1.807, 2.05) is 13.8 Å². The van der Waals surface area contributed by atoms with Crippen LogP contribution in [0.5, 0.6) is 0 Å². The van der Waals surface area contributed by atoms with Gasteiger partial charge in [0.05, 0.1) is 0 Å². The minimum absolute atomic E-state index is 0.116. The van der Waals surface area contributed by atoms with Gasteiger partial charge in [0.15, 0.2) is 0 Å². The molecule has 0 aliphatic heterocycles. The average molecular weight is 334 g/mol. The summed E-state index contributed by atoms with van der Waals surface area (Å²) in [5.41, 5.74) is 5.10. The third kappa shape index (κ3) is 4.11. The molecular weight excluding hydrogens is 308 g/mol. The summed E-state index contributed by atoms with van der Waals surface area (Å²) in [5.74, 6) is 0.116. The van der Waals surface area contributed by atoms with Crippen molar-refractivity contribution in [1.82, 2.24) is 9.88 Å². The standard InChI is InChI=1S/C22H26N2O/c1-16(2)23-22(25)13-12-19-15-24(21-11-7-6-10-20(19)21)14-18-9-5-4-8-17(18)3/h4-11,15-16H,12-14H2,1-3H3,(H,23,25). The number of carbonyl (C=O) groups excluding carboxylic acids is 1. The van der Waals surface area contributed by atoms with E-state index in [1.54, 1.807) is 0 Å². The van der Waals surface area contributed by atoms with Crippen molar-refractivity contribution in [3.8, 4) is 0 Å². The van der Waals surface area contributed by atoms with Crippen molar-refractivity contribution in [2.75, 3.05) is 0 Å². The van der Waals surface area contributed by atoms with Crippen LogP contribution >= 0.6 is 0 Å². The van der Waals surface area contributed by atoms with Gasteiger partial charge in [-0.25, -0.2) is 0 Å². The van der Waals surface area contributed by atoms with Crippen LogP contribution in [0.4, 0.5) is 0 Å². The van der Waals surface area contributed by atoms with Crippen LogP contribution in [-0.4, -0.2) is 16.5 Å². The Morgan fingerprint density at radius 1 is 1.04 bits per heavy atom. The Hall–Kier alpha value is -2.55. The quantitative estimate of drug-likeness (QED) is 0.710. The highest BCUT2D eigenvalue weighted by Gasteiger charge is 2.11. The van der Waals surface area contributed by atoms with Gasteiger partial charge in [-0.2, -0.15) is 0 Å². The van der Waals surface area contributed by atoms with Crippen molar-refractivity contribution in [3.05, 3.63) is 71.4 Å². The zero-order valence-corrected chi connectivity index (χ0v) is 15.3. The maximum atomic E-state index is 12.0. The summed E-state index contributed by atoms with van der Waals surface area (Å²) < 4.78 is 2.30. The highest BCUT2D eigenvalue weighted by molar-refractivity contribution is 5.85. The number of benzene rings is 2. The first-order valence-electron chi connectivity index (χ1n) is 8.95. The maximum absolute atomic E-state index is 12.0. The molecule has 0 radical (unpaired) electrons. The topological polar surface area (TPSA) is 34.0 Å². The van der Waals surface area contributed by atoms with Crippen molar-refractivity contribution in [3.63, 3.8) is 0 Å². The number of rotatable bonds is 6. The highest BCUT2D eigenvalue weighted by Crippen LogP contribution is 2.24. The zero-order chi connectivity index (χ0) is 17.8. The van der Waals surface area contributed by atoms with E-state index in [0.717, 1.165) is 13.0 Å². The van der Waals surface area contributed by atoms with Crippen molar-refractivity contribution in [1.29, 1.82) is 0 Å². The maximum Gasteiger partial charge on any atom is 0.220 e. The largest absolute Gasteiger partial charge is 0.354 e. The smallest absolute Gasteiger partial charge is 0.220 e. The van der Waals surface area contributed by atoms with Crippen LogP contribution in [-0.2, 0) is 17.8 Å². The molecule has 3 heteroatoms. The monoisotopic (exact) mass is 334 g/mol. The second-order valence-electron chi connectivity index (χ2n) is 6.95. The van der Waals surface area contributed by atoms with Crippen LogP contribution in [0.1, 0.15) is 37.0 Å². The molecular formula is C22H26N2O. The number of fused-ring (bicyclic) bond motifs is 1. The predicted octanol–water partition coefficient (Wildman–Crippen LogP) is 4.46. The van der Waals surface area contributed by atoms with Crippen LogP contribution in [0.3, 0.4) is 0 Å². The van der Waals surface area contributed by atoms with Gasteiger partial charge in [-0.3, -0.25) is 4.79 Å². The predicted molar refractivity (Wildman–Crippen MR) is 104 cm³/mol. The first-order valence-corrected chi connectivity index (χ1v) is 8.95. The number of hydrogen-bond acceptors (Lipinski definition) is 1. The molecule has 0 unspecified atom stereocenters. The van der Waals surface area contributed by atoms with E-state index in [0.29, 0.717) is 6.42 Å².